The van der Waals surface area contributed by atoms with Gasteiger partial charge in [-0.1, -0.05) is 11.6 Å². The summed E-state index contributed by atoms with van der Waals surface area (Å²) in [5, 5.41) is 3.67. The first-order valence-corrected chi connectivity index (χ1v) is 7.07. The van der Waals surface area contributed by atoms with Crippen LogP contribution < -0.4 is 21.5 Å². The molecule has 1 heterocycles. The van der Waals surface area contributed by atoms with E-state index in [9.17, 15) is 4.79 Å². The normalized spacial score (nSPS) is 16.1. The Balaban J connectivity index is 2.40. The molecule has 0 aromatic heterocycles. The Morgan fingerprint density at radius 1 is 1.50 bits per heavy atom. The van der Waals surface area contributed by atoms with E-state index in [1.165, 1.54) is 13.2 Å². The number of ether oxygens (including phenoxy) is 1. The minimum Gasteiger partial charge on any atom is -0.496 e. The smallest absolute Gasteiger partial charge is 0.252 e. The molecule has 0 aliphatic carbocycles. The van der Waals surface area contributed by atoms with Crippen LogP contribution in [-0.4, -0.2) is 26.1 Å². The zero-order chi connectivity index (χ0) is 14.7. The molecule has 5 nitrogen and oxygen atoms in total. The molecule has 5 N–H and O–H groups in total. The first-order valence-electron chi connectivity index (χ1n) is 6.70. The maximum absolute atomic E-state index is 11.5. The van der Waals surface area contributed by atoms with Crippen LogP contribution >= 0.6 is 11.6 Å². The molecule has 2 rings (SSSR count). The molecule has 0 radical (unpaired) electrons. The number of rotatable bonds is 4. The van der Waals surface area contributed by atoms with Crippen molar-refractivity contribution in [3.63, 3.8) is 0 Å². The van der Waals surface area contributed by atoms with Crippen molar-refractivity contribution in [2.24, 2.45) is 11.7 Å². The van der Waals surface area contributed by atoms with Crippen LogP contribution in [0.3, 0.4) is 0 Å². The van der Waals surface area contributed by atoms with Crippen molar-refractivity contribution >= 4 is 23.2 Å². The van der Waals surface area contributed by atoms with Crippen LogP contribution in [0, 0.1) is 5.92 Å². The van der Waals surface area contributed by atoms with Crippen molar-refractivity contribution in [3.05, 3.63) is 22.2 Å². The molecule has 1 aromatic carbocycles. The van der Waals surface area contributed by atoms with Gasteiger partial charge < -0.3 is 21.5 Å². The third-order valence-corrected chi connectivity index (χ3v) is 4.11. The number of halogens is 1. The predicted octanol–water partition coefficient (Wildman–Crippen LogP) is 1.57. The molecule has 1 aliphatic rings. The molecule has 0 unspecified atom stereocenters. The highest BCUT2D eigenvalue weighted by molar-refractivity contribution is 6.33. The first kappa shape index (κ1) is 14.9. The van der Waals surface area contributed by atoms with E-state index in [0.717, 1.165) is 37.9 Å². The summed E-state index contributed by atoms with van der Waals surface area (Å²) in [4.78, 5) is 11.5. The average Bonchev–Trinajstić information content (AvgIpc) is 2.44. The largest absolute Gasteiger partial charge is 0.496 e. The summed E-state index contributed by atoms with van der Waals surface area (Å²) >= 11 is 6.11. The van der Waals surface area contributed by atoms with Crippen molar-refractivity contribution in [3.8, 4) is 5.75 Å². The van der Waals surface area contributed by atoms with E-state index < -0.39 is 5.91 Å². The molecule has 1 aromatic rings. The van der Waals surface area contributed by atoms with Crippen LogP contribution in [0.4, 0.5) is 5.69 Å². The van der Waals surface area contributed by atoms with Gasteiger partial charge in [-0.3, -0.25) is 4.79 Å². The molecule has 0 spiro atoms. The van der Waals surface area contributed by atoms with Gasteiger partial charge in [0.05, 0.1) is 23.4 Å². The Morgan fingerprint density at radius 2 is 2.15 bits per heavy atom. The van der Waals surface area contributed by atoms with Crippen molar-refractivity contribution in [1.29, 1.82) is 0 Å². The van der Waals surface area contributed by atoms with Gasteiger partial charge in [0.2, 0.25) is 0 Å². The highest BCUT2D eigenvalue weighted by Crippen LogP contribution is 2.37. The second kappa shape index (κ2) is 6.33. The number of hydrogen-bond donors (Lipinski definition) is 3. The van der Waals surface area contributed by atoms with Crippen LogP contribution in [0.2, 0.25) is 5.02 Å². The fourth-order valence-corrected chi connectivity index (χ4v) is 2.92. The number of primary amides is 1. The van der Waals surface area contributed by atoms with Gasteiger partial charge in [-0.15, -0.1) is 0 Å². The molecule has 0 bridgehead atoms. The van der Waals surface area contributed by atoms with E-state index in [0.29, 0.717) is 22.4 Å². The molecule has 0 atom stereocenters. The SMILES string of the molecule is COc1c(C(N)=O)cc(Cl)c(N)c1CC1CCNCC1. The zero-order valence-electron chi connectivity index (χ0n) is 11.5. The summed E-state index contributed by atoms with van der Waals surface area (Å²) in [5.74, 6) is 0.403. The molecule has 110 valence electrons. The van der Waals surface area contributed by atoms with E-state index in [-0.39, 0.29) is 5.56 Å². The quantitative estimate of drug-likeness (QED) is 0.736. The van der Waals surface area contributed by atoms with Gasteiger partial charge in [0.25, 0.3) is 5.91 Å². The molecule has 1 amide bonds. The van der Waals surface area contributed by atoms with E-state index in [1.54, 1.807) is 0 Å². The summed E-state index contributed by atoms with van der Waals surface area (Å²) < 4.78 is 5.36. The number of carbonyl (C=O) groups excluding carboxylic acids is 1. The standard InChI is InChI=1S/C14H20ClN3O2/c1-20-13-9(6-8-2-4-18-5-3-8)12(16)11(15)7-10(13)14(17)19/h7-8,18H,2-6,16H2,1H3,(H2,17,19). The molecule has 6 heteroatoms. The summed E-state index contributed by atoms with van der Waals surface area (Å²) in [6.07, 6.45) is 2.89. The van der Waals surface area contributed by atoms with Gasteiger partial charge in [-0.2, -0.15) is 0 Å². The van der Waals surface area contributed by atoms with Crippen molar-refractivity contribution in [1.82, 2.24) is 5.32 Å². The third-order valence-electron chi connectivity index (χ3n) is 3.79. The number of nitrogens with one attached hydrogen (secondary N) is 1. The van der Waals surface area contributed by atoms with Crippen molar-refractivity contribution in [2.75, 3.05) is 25.9 Å². The minimum atomic E-state index is -0.560. The van der Waals surface area contributed by atoms with Gasteiger partial charge in [-0.25, -0.2) is 0 Å². The van der Waals surface area contributed by atoms with E-state index in [2.05, 4.69) is 5.32 Å². The maximum Gasteiger partial charge on any atom is 0.252 e. The molecular formula is C14H20ClN3O2. The maximum atomic E-state index is 11.5. The third kappa shape index (κ3) is 2.99. The number of amides is 1. The highest BCUT2D eigenvalue weighted by atomic mass is 35.5. The number of carbonyl (C=O) groups is 1. The molecule has 1 fully saturated rings. The van der Waals surface area contributed by atoms with Gasteiger partial charge >= 0.3 is 0 Å². The van der Waals surface area contributed by atoms with Gasteiger partial charge in [0.15, 0.2) is 0 Å². The Kier molecular flexibility index (Phi) is 4.73. The van der Waals surface area contributed by atoms with Crippen LogP contribution in [0.15, 0.2) is 6.07 Å². The van der Waals surface area contributed by atoms with E-state index >= 15 is 0 Å². The fourth-order valence-electron chi connectivity index (χ4n) is 2.69. The molecule has 0 saturated carbocycles. The lowest BCUT2D eigenvalue weighted by Gasteiger charge is -2.25. The summed E-state index contributed by atoms with van der Waals surface area (Å²) in [5.41, 5.74) is 13.0. The van der Waals surface area contributed by atoms with Gasteiger partial charge in [-0.05, 0) is 44.3 Å². The Hall–Kier alpha value is -1.46. The van der Waals surface area contributed by atoms with Gasteiger partial charge in [0.1, 0.15) is 5.75 Å². The van der Waals surface area contributed by atoms with E-state index in [4.69, 9.17) is 27.8 Å². The Morgan fingerprint density at radius 3 is 2.70 bits per heavy atom. The molecule has 1 aliphatic heterocycles. The van der Waals surface area contributed by atoms with Crippen LogP contribution in [0.1, 0.15) is 28.8 Å². The number of piperidine rings is 1. The van der Waals surface area contributed by atoms with Crippen molar-refractivity contribution in [2.45, 2.75) is 19.3 Å². The second-order valence-corrected chi connectivity index (χ2v) is 5.50. The lowest BCUT2D eigenvalue weighted by atomic mass is 9.89. The summed E-state index contributed by atoms with van der Waals surface area (Å²) in [7, 11) is 1.51. The number of nitrogens with two attached hydrogens (primary N) is 2. The fraction of sp³-hybridized carbons (Fsp3) is 0.500. The minimum absolute atomic E-state index is 0.288. The predicted molar refractivity (Wildman–Crippen MR) is 80.2 cm³/mol. The van der Waals surface area contributed by atoms with Crippen LogP contribution in [0.25, 0.3) is 0 Å². The monoisotopic (exact) mass is 297 g/mol. The Labute approximate surface area is 123 Å². The Bertz CT molecular complexity index is 514. The van der Waals surface area contributed by atoms with Crippen LogP contribution in [0.5, 0.6) is 5.75 Å². The second-order valence-electron chi connectivity index (χ2n) is 5.09. The molecule has 20 heavy (non-hydrogen) atoms. The number of hydrogen-bond acceptors (Lipinski definition) is 4. The first-order chi connectivity index (χ1) is 9.54. The molecular weight excluding hydrogens is 278 g/mol. The summed E-state index contributed by atoms with van der Waals surface area (Å²) in [6.45, 7) is 1.99. The average molecular weight is 298 g/mol. The number of anilines is 1. The van der Waals surface area contributed by atoms with Gasteiger partial charge in [0, 0.05) is 5.56 Å². The van der Waals surface area contributed by atoms with Crippen molar-refractivity contribution < 1.29 is 9.53 Å². The number of benzene rings is 1. The number of methoxy groups -OCH3 is 1. The molecule has 1 saturated heterocycles. The summed E-state index contributed by atoms with van der Waals surface area (Å²) in [6, 6.07) is 1.48. The lowest BCUT2D eigenvalue weighted by molar-refractivity contribution is 0.0997. The topological polar surface area (TPSA) is 90.4 Å². The number of nitrogen functional groups attached to an aromatic ring is 1. The lowest BCUT2D eigenvalue weighted by Crippen LogP contribution is -2.29. The zero-order valence-corrected chi connectivity index (χ0v) is 12.3. The van der Waals surface area contributed by atoms with Crippen LogP contribution in [-0.2, 0) is 6.42 Å². The highest BCUT2D eigenvalue weighted by Gasteiger charge is 2.23. The van der Waals surface area contributed by atoms with E-state index in [1.807, 2.05) is 0 Å².